The fraction of sp³-hybridized carbons (Fsp3) is 0. The topological polar surface area (TPSA) is 58.5 Å². The molecule has 0 radical (unpaired) electrons. The summed E-state index contributed by atoms with van der Waals surface area (Å²) in [5, 5.41) is 4.66. The van der Waals surface area contributed by atoms with Gasteiger partial charge in [0.25, 0.3) is 0 Å². The number of hydrogen-bond donors (Lipinski definition) is 0. The zero-order valence-electron chi connectivity index (χ0n) is 37.9. The predicted octanol–water partition coefficient (Wildman–Crippen LogP) is 17.9. The van der Waals surface area contributed by atoms with Crippen LogP contribution in [0, 0.1) is 0 Å². The fourth-order valence-electron chi connectivity index (χ4n) is 9.58. The van der Waals surface area contributed by atoms with Gasteiger partial charge < -0.3 is 18.6 Å². The van der Waals surface area contributed by atoms with Gasteiger partial charge in [-0.15, -0.1) is 0 Å². The first-order valence-electron chi connectivity index (χ1n) is 23.5. The van der Waals surface area contributed by atoms with Crippen molar-refractivity contribution in [1.29, 1.82) is 0 Å². The summed E-state index contributed by atoms with van der Waals surface area (Å²) in [6.07, 6.45) is 0. The second-order valence-electron chi connectivity index (χ2n) is 17.4. The van der Waals surface area contributed by atoms with E-state index in [-0.39, 0.29) is 0 Å². The van der Waals surface area contributed by atoms with Crippen LogP contribution in [0.5, 0.6) is 0 Å². The molecule has 0 aliphatic rings. The van der Waals surface area contributed by atoms with Crippen LogP contribution in [0.2, 0.25) is 0 Å². The molecular weight excluding hydrogens is 857 g/mol. The van der Waals surface area contributed by atoms with Crippen LogP contribution in [-0.2, 0) is 0 Å². The Hall–Kier alpha value is -9.52. The minimum atomic E-state index is 0.603. The Morgan fingerprint density at radius 1 is 0.257 bits per heavy atom. The van der Waals surface area contributed by atoms with E-state index in [1.165, 1.54) is 33.0 Å². The van der Waals surface area contributed by atoms with Crippen LogP contribution < -0.4 is 9.80 Å². The molecule has 13 rings (SSSR count). The van der Waals surface area contributed by atoms with Crippen molar-refractivity contribution in [3.8, 4) is 45.2 Å². The Morgan fingerprint density at radius 2 is 0.571 bits per heavy atom. The lowest BCUT2D eigenvalue weighted by Crippen LogP contribution is -2.10. The number of fused-ring (bicyclic) bond motifs is 5. The molecule has 13 aromatic rings. The lowest BCUT2D eigenvalue weighted by atomic mass is 9.99. The van der Waals surface area contributed by atoms with E-state index in [1.807, 2.05) is 48.5 Å². The number of hydrogen-bond acceptors (Lipinski definition) is 6. The Bertz CT molecular complexity index is 3650. The number of nitrogens with zero attached hydrogens (tertiary/aromatic N) is 4. The van der Waals surface area contributed by atoms with Crippen LogP contribution in [-0.4, -0.2) is 9.97 Å². The second kappa shape index (κ2) is 17.3. The van der Waals surface area contributed by atoms with Crippen LogP contribution in [0.3, 0.4) is 0 Å². The summed E-state index contributed by atoms with van der Waals surface area (Å²) in [6, 6.07) is 89.3. The third-order valence-electron chi connectivity index (χ3n) is 13.1. The molecule has 0 saturated heterocycles. The van der Waals surface area contributed by atoms with Gasteiger partial charge in [0.05, 0.1) is 0 Å². The third-order valence-corrected chi connectivity index (χ3v) is 13.1. The molecule has 2 aromatic heterocycles. The fourth-order valence-corrected chi connectivity index (χ4v) is 9.58. The minimum Gasteiger partial charge on any atom is -0.436 e. The quantitative estimate of drug-likeness (QED) is 0.127. The summed E-state index contributed by atoms with van der Waals surface area (Å²) in [6.45, 7) is 0. The number of benzene rings is 11. The standard InChI is InChI=1S/C64H42N4O2/c1-3-11-43(12-4-1)45-21-29-51(30-22-45)67(53-33-25-47(26-34-53)63-65-59-15-7-9-17-61(59)69-63)55-37-39-57-49(41-55)19-20-50-42-56(38-40-58(50)57)68(52-31-23-46(24-32-52)44-13-5-2-6-14-44)54-35-27-48(28-36-54)64-66-60-16-8-10-18-62(60)70-64/h1-42H. The van der Waals surface area contributed by atoms with Crippen molar-refractivity contribution in [2.45, 2.75) is 0 Å². The zero-order valence-corrected chi connectivity index (χ0v) is 37.9. The first-order chi connectivity index (χ1) is 34.6. The van der Waals surface area contributed by atoms with Crippen molar-refractivity contribution in [1.82, 2.24) is 9.97 Å². The SMILES string of the molecule is c1ccc(-c2ccc(N(c3ccc(-c4nc5ccccc5o4)cc3)c3ccc4c(ccc5cc(N(c6ccc(-c7ccccc7)cc6)c6ccc(-c7nc8ccccc8o7)cc6)ccc54)c3)cc2)cc1. The van der Waals surface area contributed by atoms with Gasteiger partial charge in [0.2, 0.25) is 11.8 Å². The van der Waals surface area contributed by atoms with E-state index in [4.69, 9.17) is 18.8 Å². The second-order valence-corrected chi connectivity index (χ2v) is 17.4. The molecule has 0 spiro atoms. The van der Waals surface area contributed by atoms with Gasteiger partial charge in [-0.25, -0.2) is 9.97 Å². The largest absolute Gasteiger partial charge is 0.436 e. The van der Waals surface area contributed by atoms with E-state index in [2.05, 4.69) is 216 Å². The van der Waals surface area contributed by atoms with Gasteiger partial charge in [0.15, 0.2) is 11.2 Å². The highest BCUT2D eigenvalue weighted by molar-refractivity contribution is 6.10. The van der Waals surface area contributed by atoms with Gasteiger partial charge in [-0.3, -0.25) is 0 Å². The molecule has 0 aliphatic carbocycles. The monoisotopic (exact) mass is 898 g/mol. The van der Waals surface area contributed by atoms with Crippen molar-refractivity contribution >= 4 is 77.9 Å². The van der Waals surface area contributed by atoms with Crippen LogP contribution in [0.1, 0.15) is 0 Å². The van der Waals surface area contributed by atoms with Crippen LogP contribution in [0.15, 0.2) is 264 Å². The summed E-state index contributed by atoms with van der Waals surface area (Å²) >= 11 is 0. The Balaban J connectivity index is 0.870. The molecule has 330 valence electrons. The maximum absolute atomic E-state index is 6.14. The summed E-state index contributed by atoms with van der Waals surface area (Å²) in [7, 11) is 0. The number of aromatic nitrogens is 2. The van der Waals surface area contributed by atoms with E-state index in [1.54, 1.807) is 0 Å². The molecular formula is C64H42N4O2. The highest BCUT2D eigenvalue weighted by atomic mass is 16.4. The Morgan fingerprint density at radius 3 is 0.943 bits per heavy atom. The Labute approximate surface area is 404 Å². The minimum absolute atomic E-state index is 0.603. The third kappa shape index (κ3) is 7.60. The number of rotatable bonds is 10. The van der Waals surface area contributed by atoms with Crippen molar-refractivity contribution in [2.24, 2.45) is 0 Å². The smallest absolute Gasteiger partial charge is 0.227 e. The molecule has 0 bridgehead atoms. The highest BCUT2D eigenvalue weighted by Gasteiger charge is 2.19. The maximum atomic E-state index is 6.14. The lowest BCUT2D eigenvalue weighted by molar-refractivity contribution is 0.619. The van der Waals surface area contributed by atoms with Crippen molar-refractivity contribution in [2.75, 3.05) is 9.80 Å². The van der Waals surface area contributed by atoms with E-state index in [0.717, 1.165) is 78.2 Å². The number of para-hydroxylation sites is 4. The van der Waals surface area contributed by atoms with Gasteiger partial charge >= 0.3 is 0 Å². The average molecular weight is 899 g/mol. The molecule has 6 nitrogen and oxygen atoms in total. The number of oxazole rings is 2. The molecule has 0 aliphatic heterocycles. The van der Waals surface area contributed by atoms with Crippen molar-refractivity contribution in [3.63, 3.8) is 0 Å². The molecule has 0 N–H and O–H groups in total. The lowest BCUT2D eigenvalue weighted by Gasteiger charge is -2.27. The van der Waals surface area contributed by atoms with Crippen molar-refractivity contribution in [3.05, 3.63) is 255 Å². The molecule has 0 saturated carbocycles. The summed E-state index contributed by atoms with van der Waals surface area (Å²) < 4.78 is 12.3. The normalized spacial score (nSPS) is 11.4. The van der Waals surface area contributed by atoms with Crippen molar-refractivity contribution < 1.29 is 8.83 Å². The Kier molecular flexibility index (Phi) is 10.1. The van der Waals surface area contributed by atoms with E-state index < -0.39 is 0 Å². The number of anilines is 6. The van der Waals surface area contributed by atoms with Gasteiger partial charge in [0.1, 0.15) is 11.0 Å². The average Bonchev–Trinajstić information content (AvgIpc) is 4.08. The van der Waals surface area contributed by atoms with Crippen LogP contribution in [0.4, 0.5) is 34.1 Å². The van der Waals surface area contributed by atoms with Crippen LogP contribution in [0.25, 0.3) is 88.9 Å². The first kappa shape index (κ1) is 40.7. The molecule has 2 heterocycles. The van der Waals surface area contributed by atoms with E-state index >= 15 is 0 Å². The van der Waals surface area contributed by atoms with Gasteiger partial charge in [-0.1, -0.05) is 133 Å². The van der Waals surface area contributed by atoms with Gasteiger partial charge in [-0.2, -0.15) is 0 Å². The van der Waals surface area contributed by atoms with Gasteiger partial charge in [0, 0.05) is 45.3 Å². The summed E-state index contributed by atoms with van der Waals surface area (Å²) in [4.78, 5) is 14.2. The van der Waals surface area contributed by atoms with E-state index in [0.29, 0.717) is 11.8 Å². The molecule has 11 aromatic carbocycles. The molecule has 0 fully saturated rings. The highest BCUT2D eigenvalue weighted by Crippen LogP contribution is 2.42. The van der Waals surface area contributed by atoms with Gasteiger partial charge in [-0.05, 0) is 165 Å². The molecule has 70 heavy (non-hydrogen) atoms. The predicted molar refractivity (Wildman–Crippen MR) is 288 cm³/mol. The molecule has 0 unspecified atom stereocenters. The maximum Gasteiger partial charge on any atom is 0.227 e. The first-order valence-corrected chi connectivity index (χ1v) is 23.5. The van der Waals surface area contributed by atoms with Crippen LogP contribution >= 0.6 is 0 Å². The molecule has 0 amide bonds. The summed E-state index contributed by atoms with van der Waals surface area (Å²) in [5.74, 6) is 1.21. The zero-order chi connectivity index (χ0) is 46.4. The molecule has 6 heteroatoms. The summed E-state index contributed by atoms with van der Waals surface area (Å²) in [5.41, 5.74) is 16.0. The van der Waals surface area contributed by atoms with E-state index in [9.17, 15) is 0 Å². The molecule has 0 atom stereocenters.